The van der Waals surface area contributed by atoms with Crippen molar-refractivity contribution < 1.29 is 4.74 Å². The SMILES string of the molecule is CC(NCc1cnc2ccccc2n1)C1CCOC1. The van der Waals surface area contributed by atoms with Gasteiger partial charge in [0.1, 0.15) is 0 Å². The average molecular weight is 257 g/mol. The second-order valence-corrected chi connectivity index (χ2v) is 5.14. The molecule has 0 aliphatic carbocycles. The minimum absolute atomic E-state index is 0.454. The summed E-state index contributed by atoms with van der Waals surface area (Å²) in [6, 6.07) is 8.41. The third-order valence-corrected chi connectivity index (χ3v) is 3.78. The molecule has 19 heavy (non-hydrogen) atoms. The van der Waals surface area contributed by atoms with Gasteiger partial charge in [-0.15, -0.1) is 0 Å². The molecule has 0 saturated carbocycles. The molecule has 2 unspecified atom stereocenters. The van der Waals surface area contributed by atoms with Crippen molar-refractivity contribution in [3.8, 4) is 0 Å². The van der Waals surface area contributed by atoms with Crippen LogP contribution in [0.2, 0.25) is 0 Å². The Labute approximate surface area is 113 Å². The lowest BCUT2D eigenvalue weighted by atomic mass is 10.0. The van der Waals surface area contributed by atoms with E-state index in [4.69, 9.17) is 4.74 Å². The number of fused-ring (bicyclic) bond motifs is 1. The average Bonchev–Trinajstić information content (AvgIpc) is 2.99. The van der Waals surface area contributed by atoms with Gasteiger partial charge in [-0.1, -0.05) is 12.1 Å². The van der Waals surface area contributed by atoms with Crippen LogP contribution in [0.3, 0.4) is 0 Å². The van der Waals surface area contributed by atoms with Crippen LogP contribution in [0, 0.1) is 5.92 Å². The molecule has 1 aromatic carbocycles. The molecule has 0 amide bonds. The number of hydrogen-bond donors (Lipinski definition) is 1. The van der Waals surface area contributed by atoms with Crippen LogP contribution in [-0.2, 0) is 11.3 Å². The monoisotopic (exact) mass is 257 g/mol. The maximum absolute atomic E-state index is 5.42. The topological polar surface area (TPSA) is 47.0 Å². The fraction of sp³-hybridized carbons (Fsp3) is 0.467. The summed E-state index contributed by atoms with van der Waals surface area (Å²) in [5.41, 5.74) is 2.90. The third-order valence-electron chi connectivity index (χ3n) is 3.78. The van der Waals surface area contributed by atoms with E-state index in [9.17, 15) is 0 Å². The van der Waals surface area contributed by atoms with Gasteiger partial charge in [-0.05, 0) is 31.4 Å². The van der Waals surface area contributed by atoms with Crippen LogP contribution in [-0.4, -0.2) is 29.2 Å². The predicted octanol–water partition coefficient (Wildman–Crippen LogP) is 2.14. The molecule has 4 nitrogen and oxygen atoms in total. The number of aromatic nitrogens is 2. The molecule has 2 atom stereocenters. The molecule has 1 N–H and O–H groups in total. The first kappa shape index (κ1) is 12.5. The third kappa shape index (κ3) is 2.91. The van der Waals surface area contributed by atoms with Gasteiger partial charge >= 0.3 is 0 Å². The molecule has 1 aliphatic heterocycles. The Balaban J connectivity index is 1.64. The van der Waals surface area contributed by atoms with E-state index in [2.05, 4.69) is 22.2 Å². The summed E-state index contributed by atoms with van der Waals surface area (Å²) in [6.45, 7) is 4.74. The molecule has 0 radical (unpaired) electrons. The molecule has 3 rings (SSSR count). The maximum atomic E-state index is 5.42. The second-order valence-electron chi connectivity index (χ2n) is 5.14. The molecule has 4 heteroatoms. The van der Waals surface area contributed by atoms with E-state index >= 15 is 0 Å². The van der Waals surface area contributed by atoms with Crippen LogP contribution < -0.4 is 5.32 Å². The number of hydrogen-bond acceptors (Lipinski definition) is 4. The fourth-order valence-corrected chi connectivity index (χ4v) is 2.46. The lowest BCUT2D eigenvalue weighted by Gasteiger charge is -2.18. The molecule has 100 valence electrons. The van der Waals surface area contributed by atoms with Crippen LogP contribution >= 0.6 is 0 Å². The largest absolute Gasteiger partial charge is 0.381 e. The Morgan fingerprint density at radius 3 is 3.00 bits per heavy atom. The standard InChI is InChI=1S/C15H19N3O/c1-11(12-6-7-19-10-12)16-8-13-9-17-14-4-2-3-5-15(14)18-13/h2-5,9,11-12,16H,6-8,10H2,1H3. The van der Waals surface area contributed by atoms with Crippen LogP contribution in [0.15, 0.2) is 30.5 Å². The second kappa shape index (κ2) is 5.63. The van der Waals surface area contributed by atoms with Gasteiger partial charge in [0.2, 0.25) is 0 Å². The van der Waals surface area contributed by atoms with Gasteiger partial charge in [0.25, 0.3) is 0 Å². The summed E-state index contributed by atoms with van der Waals surface area (Å²) < 4.78 is 5.42. The highest BCUT2D eigenvalue weighted by atomic mass is 16.5. The molecular formula is C15H19N3O. The highest BCUT2D eigenvalue weighted by molar-refractivity contribution is 5.73. The summed E-state index contributed by atoms with van der Waals surface area (Å²) in [5, 5.41) is 3.52. The highest BCUT2D eigenvalue weighted by Crippen LogP contribution is 2.16. The Morgan fingerprint density at radius 2 is 2.21 bits per heavy atom. The van der Waals surface area contributed by atoms with Crippen LogP contribution in [0.1, 0.15) is 19.0 Å². The van der Waals surface area contributed by atoms with Crippen molar-refractivity contribution in [1.82, 2.24) is 15.3 Å². The maximum Gasteiger partial charge on any atom is 0.0890 e. The fourth-order valence-electron chi connectivity index (χ4n) is 2.46. The zero-order valence-electron chi connectivity index (χ0n) is 11.2. The van der Waals surface area contributed by atoms with E-state index in [0.717, 1.165) is 42.9 Å². The Morgan fingerprint density at radius 1 is 1.37 bits per heavy atom. The number of benzene rings is 1. The van der Waals surface area contributed by atoms with Gasteiger partial charge in [-0.2, -0.15) is 0 Å². The van der Waals surface area contributed by atoms with Crippen molar-refractivity contribution >= 4 is 11.0 Å². The van der Waals surface area contributed by atoms with Crippen molar-refractivity contribution in [3.63, 3.8) is 0 Å². The number of para-hydroxylation sites is 2. The first-order valence-electron chi connectivity index (χ1n) is 6.85. The lowest BCUT2D eigenvalue weighted by Crippen LogP contribution is -2.33. The molecular weight excluding hydrogens is 238 g/mol. The summed E-state index contributed by atoms with van der Waals surface area (Å²) >= 11 is 0. The van der Waals surface area contributed by atoms with E-state index < -0.39 is 0 Å². The summed E-state index contributed by atoms with van der Waals surface area (Å²) in [4.78, 5) is 9.05. The number of nitrogens with zero attached hydrogens (tertiary/aromatic N) is 2. The van der Waals surface area contributed by atoms with Crippen molar-refractivity contribution in [2.75, 3.05) is 13.2 Å². The number of nitrogens with one attached hydrogen (secondary N) is 1. The molecule has 0 spiro atoms. The Kier molecular flexibility index (Phi) is 3.71. The van der Waals surface area contributed by atoms with Crippen molar-refractivity contribution in [2.45, 2.75) is 25.9 Å². The normalized spacial score (nSPS) is 20.8. The first-order valence-corrected chi connectivity index (χ1v) is 6.85. The molecule has 1 saturated heterocycles. The Hall–Kier alpha value is -1.52. The highest BCUT2D eigenvalue weighted by Gasteiger charge is 2.21. The minimum atomic E-state index is 0.454. The van der Waals surface area contributed by atoms with Gasteiger partial charge in [0.05, 0.1) is 29.5 Å². The van der Waals surface area contributed by atoms with E-state index in [1.54, 1.807) is 0 Å². The van der Waals surface area contributed by atoms with Crippen molar-refractivity contribution in [2.24, 2.45) is 5.92 Å². The van der Waals surface area contributed by atoms with E-state index in [-0.39, 0.29) is 0 Å². The van der Waals surface area contributed by atoms with Gasteiger partial charge in [0, 0.05) is 19.2 Å². The quantitative estimate of drug-likeness (QED) is 0.911. The number of ether oxygens (including phenoxy) is 1. The van der Waals surface area contributed by atoms with E-state index in [1.807, 2.05) is 30.5 Å². The van der Waals surface area contributed by atoms with Gasteiger partial charge in [-0.3, -0.25) is 4.98 Å². The molecule has 1 aromatic heterocycles. The van der Waals surface area contributed by atoms with Gasteiger partial charge in [-0.25, -0.2) is 4.98 Å². The van der Waals surface area contributed by atoms with E-state index in [0.29, 0.717) is 12.0 Å². The first-order chi connectivity index (χ1) is 9.33. The summed E-state index contributed by atoms with van der Waals surface area (Å²) in [7, 11) is 0. The van der Waals surface area contributed by atoms with Crippen LogP contribution in [0.4, 0.5) is 0 Å². The van der Waals surface area contributed by atoms with Crippen molar-refractivity contribution in [3.05, 3.63) is 36.2 Å². The predicted molar refractivity (Wildman–Crippen MR) is 74.8 cm³/mol. The van der Waals surface area contributed by atoms with Crippen LogP contribution in [0.25, 0.3) is 11.0 Å². The van der Waals surface area contributed by atoms with Gasteiger partial charge < -0.3 is 10.1 Å². The lowest BCUT2D eigenvalue weighted by molar-refractivity contribution is 0.178. The zero-order chi connectivity index (χ0) is 13.1. The number of rotatable bonds is 4. The van der Waals surface area contributed by atoms with Crippen molar-refractivity contribution in [1.29, 1.82) is 0 Å². The molecule has 1 aliphatic rings. The Bertz CT molecular complexity index is 552. The molecule has 2 aromatic rings. The van der Waals surface area contributed by atoms with E-state index in [1.165, 1.54) is 0 Å². The minimum Gasteiger partial charge on any atom is -0.381 e. The van der Waals surface area contributed by atoms with Crippen LogP contribution in [0.5, 0.6) is 0 Å². The van der Waals surface area contributed by atoms with Gasteiger partial charge in [0.15, 0.2) is 0 Å². The summed E-state index contributed by atoms with van der Waals surface area (Å²) in [6.07, 6.45) is 3.00. The zero-order valence-corrected chi connectivity index (χ0v) is 11.2. The molecule has 2 heterocycles. The molecule has 1 fully saturated rings. The summed E-state index contributed by atoms with van der Waals surface area (Å²) in [5.74, 6) is 0.619. The smallest absolute Gasteiger partial charge is 0.0890 e. The molecule has 0 bridgehead atoms.